The first-order valence-corrected chi connectivity index (χ1v) is 5.68. The molecule has 2 aliphatic rings. The number of nitrogens with zero attached hydrogens (tertiary/aromatic N) is 3. The number of hydrogen-bond donors (Lipinski definition) is 1. The Labute approximate surface area is 93.5 Å². The van der Waals surface area contributed by atoms with Gasteiger partial charge in [0.05, 0.1) is 11.1 Å². The highest BCUT2D eigenvalue weighted by molar-refractivity contribution is 5.76. The van der Waals surface area contributed by atoms with Crippen molar-refractivity contribution in [3.8, 4) is 0 Å². The number of hydrogen-bond acceptors (Lipinski definition) is 3. The molecule has 2 fully saturated rings. The molecule has 2 atom stereocenters. The zero-order valence-electron chi connectivity index (χ0n) is 9.26. The maximum atomic E-state index is 11.4. The molecule has 1 heterocycles. The van der Waals surface area contributed by atoms with E-state index in [1.807, 2.05) is 6.20 Å². The lowest BCUT2D eigenvalue weighted by atomic mass is 9.79. The molecular weight excluding hydrogens is 206 g/mol. The van der Waals surface area contributed by atoms with Gasteiger partial charge >= 0.3 is 5.97 Å². The number of carboxylic acids is 1. The molecule has 0 aliphatic heterocycles. The lowest BCUT2D eigenvalue weighted by Crippen LogP contribution is -2.32. The summed E-state index contributed by atoms with van der Waals surface area (Å²) >= 11 is 0. The van der Waals surface area contributed by atoms with Crippen LogP contribution in [0.2, 0.25) is 0 Å². The van der Waals surface area contributed by atoms with E-state index in [-0.39, 0.29) is 0 Å². The summed E-state index contributed by atoms with van der Waals surface area (Å²) in [5, 5.41) is 17.3. The van der Waals surface area contributed by atoms with Crippen molar-refractivity contribution in [2.75, 3.05) is 0 Å². The first-order chi connectivity index (χ1) is 7.59. The average Bonchev–Trinajstić information content (AvgIpc) is 2.65. The Hall–Kier alpha value is -1.39. The largest absolute Gasteiger partial charge is 0.481 e. The van der Waals surface area contributed by atoms with E-state index in [0.29, 0.717) is 18.3 Å². The number of carbonyl (C=O) groups is 1. The zero-order chi connectivity index (χ0) is 11.3. The second kappa shape index (κ2) is 3.06. The molecule has 0 radical (unpaired) electrons. The first-order valence-electron chi connectivity index (χ1n) is 5.68. The Balaban J connectivity index is 1.82. The topological polar surface area (TPSA) is 68.0 Å². The highest BCUT2D eigenvalue weighted by Crippen LogP contribution is 2.60. The molecule has 5 heteroatoms. The molecule has 3 rings (SSSR count). The van der Waals surface area contributed by atoms with Gasteiger partial charge in [-0.2, -0.15) is 0 Å². The summed E-state index contributed by atoms with van der Waals surface area (Å²) in [5.41, 5.74) is 0.232. The van der Waals surface area contributed by atoms with Gasteiger partial charge in [-0.1, -0.05) is 5.21 Å². The quantitative estimate of drug-likeness (QED) is 0.822. The number of aliphatic carboxylic acids is 1. The number of aryl methyl sites for hydroxylation is 1. The van der Waals surface area contributed by atoms with Gasteiger partial charge < -0.3 is 5.11 Å². The van der Waals surface area contributed by atoms with Crippen LogP contribution in [0.25, 0.3) is 0 Å². The maximum Gasteiger partial charge on any atom is 0.310 e. The molecule has 2 unspecified atom stereocenters. The summed E-state index contributed by atoms with van der Waals surface area (Å²) in [7, 11) is 1.80. The van der Waals surface area contributed by atoms with Crippen molar-refractivity contribution in [2.45, 2.75) is 25.7 Å². The van der Waals surface area contributed by atoms with Crippen LogP contribution in [0.4, 0.5) is 0 Å². The van der Waals surface area contributed by atoms with E-state index < -0.39 is 11.4 Å². The van der Waals surface area contributed by atoms with E-state index in [2.05, 4.69) is 10.3 Å². The predicted octanol–water partition coefficient (Wildman–Crippen LogP) is 0.858. The Morgan fingerprint density at radius 1 is 1.62 bits per heavy atom. The van der Waals surface area contributed by atoms with Crippen LogP contribution in [0.5, 0.6) is 0 Å². The van der Waals surface area contributed by atoms with E-state index in [1.165, 1.54) is 6.42 Å². The molecule has 0 aromatic carbocycles. The third-order valence-corrected chi connectivity index (χ3v) is 4.00. The Morgan fingerprint density at radius 2 is 2.31 bits per heavy atom. The van der Waals surface area contributed by atoms with Gasteiger partial charge in [-0.3, -0.25) is 9.48 Å². The number of aromatic nitrogens is 3. The monoisotopic (exact) mass is 221 g/mol. The fourth-order valence-electron chi connectivity index (χ4n) is 3.11. The highest BCUT2D eigenvalue weighted by atomic mass is 16.4. The standard InChI is InChI=1S/C11H15N3O2/c1-14-6-9(12-13-14)5-11(10(15)16)3-7-2-8(7)4-11/h6-8H,2-5H2,1H3,(H,15,16). The van der Waals surface area contributed by atoms with Crippen LogP contribution in [-0.4, -0.2) is 26.1 Å². The second-order valence-corrected chi connectivity index (χ2v) is 5.31. The molecule has 0 spiro atoms. The summed E-state index contributed by atoms with van der Waals surface area (Å²) in [4.78, 5) is 11.4. The van der Waals surface area contributed by atoms with Crippen molar-refractivity contribution >= 4 is 5.97 Å². The minimum atomic E-state index is -0.662. The van der Waals surface area contributed by atoms with Crippen molar-refractivity contribution in [1.29, 1.82) is 0 Å². The number of rotatable bonds is 3. The van der Waals surface area contributed by atoms with Gasteiger partial charge in [-0.25, -0.2) is 0 Å². The molecule has 2 saturated carbocycles. The molecule has 1 aromatic rings. The zero-order valence-corrected chi connectivity index (χ0v) is 9.26. The fraction of sp³-hybridized carbons (Fsp3) is 0.727. The van der Waals surface area contributed by atoms with Crippen molar-refractivity contribution in [1.82, 2.24) is 15.0 Å². The summed E-state index contributed by atoms with van der Waals surface area (Å²) in [6, 6.07) is 0. The number of carboxylic acid groups (broad SMARTS) is 1. The SMILES string of the molecule is Cn1cc(CC2(C(=O)O)CC3CC3C2)nn1. The predicted molar refractivity (Wildman–Crippen MR) is 55.6 cm³/mol. The van der Waals surface area contributed by atoms with E-state index in [1.54, 1.807) is 11.7 Å². The van der Waals surface area contributed by atoms with Gasteiger partial charge in [-0.15, -0.1) is 5.10 Å². The maximum absolute atomic E-state index is 11.4. The van der Waals surface area contributed by atoms with E-state index in [0.717, 1.165) is 18.5 Å². The van der Waals surface area contributed by atoms with Gasteiger partial charge in [0.2, 0.25) is 0 Å². The van der Waals surface area contributed by atoms with Crippen molar-refractivity contribution in [3.63, 3.8) is 0 Å². The first kappa shape index (κ1) is 9.81. The van der Waals surface area contributed by atoms with Crippen LogP contribution < -0.4 is 0 Å². The van der Waals surface area contributed by atoms with Gasteiger partial charge in [-0.05, 0) is 31.1 Å². The average molecular weight is 221 g/mol. The van der Waals surface area contributed by atoms with Crippen LogP contribution in [0.3, 0.4) is 0 Å². The lowest BCUT2D eigenvalue weighted by Gasteiger charge is -2.24. The van der Waals surface area contributed by atoms with Gasteiger partial charge in [0.1, 0.15) is 0 Å². The molecule has 5 nitrogen and oxygen atoms in total. The molecular formula is C11H15N3O2. The van der Waals surface area contributed by atoms with Crippen molar-refractivity contribution in [2.24, 2.45) is 24.3 Å². The molecule has 0 bridgehead atoms. The van der Waals surface area contributed by atoms with Crippen LogP contribution in [-0.2, 0) is 18.3 Å². The van der Waals surface area contributed by atoms with Crippen LogP contribution in [0, 0.1) is 17.3 Å². The summed E-state index contributed by atoms with van der Waals surface area (Å²) < 4.78 is 1.63. The normalized spacial score (nSPS) is 36.1. The Morgan fingerprint density at radius 3 is 2.81 bits per heavy atom. The summed E-state index contributed by atoms with van der Waals surface area (Å²) in [5.74, 6) is 0.658. The van der Waals surface area contributed by atoms with E-state index in [9.17, 15) is 9.90 Å². The van der Waals surface area contributed by atoms with Gasteiger partial charge in [0, 0.05) is 19.7 Å². The minimum Gasteiger partial charge on any atom is -0.481 e. The molecule has 0 saturated heterocycles. The van der Waals surface area contributed by atoms with Crippen molar-refractivity contribution < 1.29 is 9.90 Å². The molecule has 1 aromatic heterocycles. The third-order valence-electron chi connectivity index (χ3n) is 4.00. The van der Waals surface area contributed by atoms with Crippen molar-refractivity contribution in [3.05, 3.63) is 11.9 Å². The summed E-state index contributed by atoms with van der Waals surface area (Å²) in [6.07, 6.45) is 5.22. The molecule has 0 amide bonds. The molecule has 1 N–H and O–H groups in total. The molecule has 2 aliphatic carbocycles. The summed E-state index contributed by atoms with van der Waals surface area (Å²) in [6.45, 7) is 0. The molecule has 86 valence electrons. The minimum absolute atomic E-state index is 0.531. The van der Waals surface area contributed by atoms with Crippen LogP contribution in [0.15, 0.2) is 6.20 Å². The van der Waals surface area contributed by atoms with E-state index >= 15 is 0 Å². The highest BCUT2D eigenvalue weighted by Gasteiger charge is 2.57. The number of fused-ring (bicyclic) bond motifs is 1. The van der Waals surface area contributed by atoms with E-state index in [4.69, 9.17) is 0 Å². The molecule has 16 heavy (non-hydrogen) atoms. The van der Waals surface area contributed by atoms with Crippen LogP contribution >= 0.6 is 0 Å². The fourth-order valence-corrected chi connectivity index (χ4v) is 3.11. The lowest BCUT2D eigenvalue weighted by molar-refractivity contribution is -0.149. The second-order valence-electron chi connectivity index (χ2n) is 5.31. The third kappa shape index (κ3) is 1.42. The Kier molecular flexibility index (Phi) is 1.87. The van der Waals surface area contributed by atoms with Gasteiger partial charge in [0.15, 0.2) is 0 Å². The smallest absolute Gasteiger partial charge is 0.310 e. The Bertz CT molecular complexity index is 430. The van der Waals surface area contributed by atoms with Gasteiger partial charge in [0.25, 0.3) is 0 Å². The van der Waals surface area contributed by atoms with Crippen LogP contribution in [0.1, 0.15) is 25.0 Å².